The van der Waals surface area contributed by atoms with E-state index < -0.39 is 0 Å². The lowest BCUT2D eigenvalue weighted by Gasteiger charge is -2.21. The number of carbonyl (C=O) groups excluding carboxylic acids is 1. The first kappa shape index (κ1) is 29.8. The third-order valence-electron chi connectivity index (χ3n) is 7.75. The molecule has 7 rings (SSSR count). The van der Waals surface area contributed by atoms with Crippen LogP contribution in [0.1, 0.15) is 40.8 Å². The van der Waals surface area contributed by atoms with Crippen molar-refractivity contribution in [1.29, 1.82) is 0 Å². The highest BCUT2D eigenvalue weighted by atomic mass is 32.1. The van der Waals surface area contributed by atoms with Crippen molar-refractivity contribution < 1.29 is 14.3 Å². The summed E-state index contributed by atoms with van der Waals surface area (Å²) < 4.78 is 14.6. The second kappa shape index (κ2) is 12.8. The van der Waals surface area contributed by atoms with Crippen molar-refractivity contribution in [3.8, 4) is 32.8 Å². The standard InChI is InChI=1S/C32H33N7O3S3/c1-4-10-37-11-5-12-38(14-13-37)31(40)22-8-6-21(7-9-22)29-33-23(19-43-29)18-42-27-16-24(41-3)15-25-28(27)45-30(34-25)26-17-39-32(35-26)44-20(2)36-39/h6-9,15-17,19H,4-5,10-14,18H2,1-3H3. The molecule has 1 amide bonds. The molecule has 1 aliphatic heterocycles. The van der Waals surface area contributed by atoms with Gasteiger partial charge in [-0.15, -0.1) is 22.7 Å². The highest BCUT2D eigenvalue weighted by Gasteiger charge is 2.21. The highest BCUT2D eigenvalue weighted by molar-refractivity contribution is 7.22. The van der Waals surface area contributed by atoms with Crippen LogP contribution in [0.25, 0.3) is 36.5 Å². The average Bonchev–Trinajstić information content (AvgIpc) is 3.81. The van der Waals surface area contributed by atoms with Crippen LogP contribution < -0.4 is 9.47 Å². The maximum Gasteiger partial charge on any atom is 0.253 e. The Kier molecular flexibility index (Phi) is 8.49. The number of aromatic nitrogens is 5. The van der Waals surface area contributed by atoms with Crippen molar-refractivity contribution in [2.24, 2.45) is 0 Å². The molecule has 0 unspecified atom stereocenters. The second-order valence-electron chi connectivity index (χ2n) is 11.0. The number of aryl methyl sites for hydroxylation is 1. The maximum absolute atomic E-state index is 13.2. The summed E-state index contributed by atoms with van der Waals surface area (Å²) in [4.78, 5) is 32.9. The number of hydrogen-bond acceptors (Lipinski definition) is 11. The molecule has 1 aliphatic rings. The molecular formula is C32H33N7O3S3. The number of imidazole rings is 1. The van der Waals surface area contributed by atoms with E-state index >= 15 is 0 Å². The third kappa shape index (κ3) is 6.30. The zero-order valence-electron chi connectivity index (χ0n) is 25.4. The number of thiazole rings is 2. The Morgan fingerprint density at radius 3 is 2.67 bits per heavy atom. The number of methoxy groups -OCH3 is 1. The molecule has 45 heavy (non-hydrogen) atoms. The highest BCUT2D eigenvalue weighted by Crippen LogP contribution is 2.39. The normalized spacial score (nSPS) is 14.3. The molecule has 5 heterocycles. The smallest absolute Gasteiger partial charge is 0.253 e. The van der Waals surface area contributed by atoms with E-state index in [1.54, 1.807) is 34.3 Å². The summed E-state index contributed by atoms with van der Waals surface area (Å²) in [5.41, 5.74) is 4.09. The molecule has 0 radical (unpaired) electrons. The van der Waals surface area contributed by atoms with Crippen LogP contribution in [0.3, 0.4) is 0 Å². The predicted molar refractivity (Wildman–Crippen MR) is 180 cm³/mol. The minimum absolute atomic E-state index is 0.100. The summed E-state index contributed by atoms with van der Waals surface area (Å²) in [7, 11) is 1.64. The van der Waals surface area contributed by atoms with Crippen molar-refractivity contribution in [2.75, 3.05) is 39.8 Å². The van der Waals surface area contributed by atoms with Gasteiger partial charge in [-0.1, -0.05) is 30.4 Å². The fourth-order valence-electron chi connectivity index (χ4n) is 5.52. The van der Waals surface area contributed by atoms with Crippen molar-refractivity contribution in [2.45, 2.75) is 33.3 Å². The average molecular weight is 660 g/mol. The summed E-state index contributed by atoms with van der Waals surface area (Å²) in [6, 6.07) is 11.6. The number of hydrogen-bond donors (Lipinski definition) is 0. The van der Waals surface area contributed by atoms with Crippen molar-refractivity contribution in [3.63, 3.8) is 0 Å². The van der Waals surface area contributed by atoms with Gasteiger partial charge in [0.05, 0.1) is 29.2 Å². The molecular weight excluding hydrogens is 627 g/mol. The molecule has 0 spiro atoms. The van der Waals surface area contributed by atoms with Crippen LogP contribution in [0.2, 0.25) is 0 Å². The monoisotopic (exact) mass is 659 g/mol. The molecule has 1 fully saturated rings. The first-order chi connectivity index (χ1) is 22.0. The zero-order valence-corrected chi connectivity index (χ0v) is 27.8. The van der Waals surface area contributed by atoms with Gasteiger partial charge < -0.3 is 19.3 Å². The van der Waals surface area contributed by atoms with Gasteiger partial charge in [0.2, 0.25) is 4.96 Å². The molecule has 13 heteroatoms. The summed E-state index contributed by atoms with van der Waals surface area (Å²) in [5, 5.41) is 9.13. The van der Waals surface area contributed by atoms with E-state index in [1.165, 1.54) is 11.3 Å². The van der Waals surface area contributed by atoms with Crippen LogP contribution in [-0.2, 0) is 6.61 Å². The molecule has 0 bridgehead atoms. The molecule has 0 atom stereocenters. The van der Waals surface area contributed by atoms with Crippen molar-refractivity contribution in [3.05, 3.63) is 64.2 Å². The fraction of sp³-hybridized carbons (Fsp3) is 0.344. The molecule has 6 aromatic rings. The van der Waals surface area contributed by atoms with Crippen LogP contribution in [-0.4, -0.2) is 80.1 Å². The zero-order chi connectivity index (χ0) is 30.9. The second-order valence-corrected chi connectivity index (χ2v) is 14.0. The quantitative estimate of drug-likeness (QED) is 0.170. The van der Waals surface area contributed by atoms with Gasteiger partial charge >= 0.3 is 0 Å². The molecule has 10 nitrogen and oxygen atoms in total. The SMILES string of the molecule is CCCN1CCCN(C(=O)c2ccc(-c3nc(COc4cc(OC)cc5nc(-c6cn7nc(C)sc7n6)sc45)cs3)cc2)CC1. The Labute approximate surface area is 272 Å². The molecule has 0 saturated carbocycles. The largest absolute Gasteiger partial charge is 0.497 e. The number of ether oxygens (including phenoxy) is 2. The van der Waals surface area contributed by atoms with Crippen molar-refractivity contribution in [1.82, 2.24) is 34.4 Å². The first-order valence-electron chi connectivity index (χ1n) is 15.0. The summed E-state index contributed by atoms with van der Waals surface area (Å²) in [6.45, 7) is 9.14. The van der Waals surface area contributed by atoms with E-state index in [9.17, 15) is 4.79 Å². The summed E-state index contributed by atoms with van der Waals surface area (Å²) in [5.74, 6) is 1.46. The van der Waals surface area contributed by atoms with Gasteiger partial charge in [0.15, 0.2) is 0 Å². The van der Waals surface area contributed by atoms with Crippen LogP contribution in [0.15, 0.2) is 48.0 Å². The van der Waals surface area contributed by atoms with E-state index in [2.05, 4.69) is 16.9 Å². The van der Waals surface area contributed by atoms with Gasteiger partial charge in [-0.3, -0.25) is 4.79 Å². The minimum Gasteiger partial charge on any atom is -0.497 e. The summed E-state index contributed by atoms with van der Waals surface area (Å²) >= 11 is 4.64. The minimum atomic E-state index is 0.100. The van der Waals surface area contributed by atoms with Crippen LogP contribution in [0.5, 0.6) is 11.5 Å². The number of benzene rings is 2. The van der Waals surface area contributed by atoms with Crippen molar-refractivity contribution >= 4 is 55.1 Å². The van der Waals surface area contributed by atoms with Crippen LogP contribution in [0, 0.1) is 6.92 Å². The molecule has 0 N–H and O–H groups in total. The van der Waals surface area contributed by atoms with E-state index in [4.69, 9.17) is 24.4 Å². The van der Waals surface area contributed by atoms with E-state index in [-0.39, 0.29) is 5.91 Å². The maximum atomic E-state index is 13.2. The number of nitrogens with zero attached hydrogens (tertiary/aromatic N) is 7. The Hall–Kier alpha value is -3.91. The van der Waals surface area contributed by atoms with Gasteiger partial charge in [-0.05, 0) is 45.0 Å². The lowest BCUT2D eigenvalue weighted by Crippen LogP contribution is -2.35. The van der Waals surface area contributed by atoms with Crippen LogP contribution >= 0.6 is 34.0 Å². The Morgan fingerprint density at radius 1 is 1.00 bits per heavy atom. The van der Waals surface area contributed by atoms with Gasteiger partial charge in [0.25, 0.3) is 5.91 Å². The summed E-state index contributed by atoms with van der Waals surface area (Å²) in [6.07, 6.45) is 4.06. The Bertz CT molecular complexity index is 1930. The lowest BCUT2D eigenvalue weighted by atomic mass is 10.1. The molecule has 2 aromatic carbocycles. The van der Waals surface area contributed by atoms with Gasteiger partial charge in [0.1, 0.15) is 38.8 Å². The van der Waals surface area contributed by atoms with Crippen LogP contribution in [0.4, 0.5) is 0 Å². The number of fused-ring (bicyclic) bond motifs is 2. The van der Waals surface area contributed by atoms with Gasteiger partial charge in [-0.25, -0.2) is 19.5 Å². The molecule has 0 aliphatic carbocycles. The van der Waals surface area contributed by atoms with E-state index in [0.29, 0.717) is 18.1 Å². The Morgan fingerprint density at radius 2 is 1.87 bits per heavy atom. The lowest BCUT2D eigenvalue weighted by molar-refractivity contribution is 0.0761. The molecule has 1 saturated heterocycles. The molecule has 4 aromatic heterocycles. The third-order valence-corrected chi connectivity index (χ3v) is 10.6. The number of rotatable bonds is 9. The predicted octanol–water partition coefficient (Wildman–Crippen LogP) is 6.64. The van der Waals surface area contributed by atoms with Gasteiger partial charge in [0, 0.05) is 48.3 Å². The van der Waals surface area contributed by atoms with E-state index in [1.807, 2.05) is 59.8 Å². The number of amides is 1. The first-order valence-corrected chi connectivity index (χ1v) is 17.5. The number of carbonyl (C=O) groups is 1. The van der Waals surface area contributed by atoms with Gasteiger partial charge in [-0.2, -0.15) is 5.10 Å². The molecule has 232 valence electrons. The fourth-order valence-corrected chi connectivity index (χ4v) is 8.03. The topological polar surface area (TPSA) is 98.0 Å². The van der Waals surface area contributed by atoms with E-state index in [0.717, 1.165) is 98.3 Å². The Balaban J connectivity index is 1.04.